The van der Waals surface area contributed by atoms with Crippen LogP contribution in [0.5, 0.6) is 0 Å². The van der Waals surface area contributed by atoms with Crippen LogP contribution in [0.15, 0.2) is 29.6 Å². The lowest BCUT2D eigenvalue weighted by Crippen LogP contribution is -2.34. The van der Waals surface area contributed by atoms with E-state index in [0.717, 1.165) is 41.3 Å². The number of amides is 1. The zero-order valence-corrected chi connectivity index (χ0v) is 12.9. The second-order valence-corrected chi connectivity index (χ2v) is 6.22. The van der Waals surface area contributed by atoms with Crippen LogP contribution in [0.2, 0.25) is 0 Å². The topological polar surface area (TPSA) is 54.0 Å². The van der Waals surface area contributed by atoms with Crippen molar-refractivity contribution in [3.05, 3.63) is 45.9 Å². The van der Waals surface area contributed by atoms with Gasteiger partial charge in [-0.3, -0.25) is 4.79 Å². The summed E-state index contributed by atoms with van der Waals surface area (Å²) in [7, 11) is 0. The van der Waals surface area contributed by atoms with Crippen molar-refractivity contribution in [2.24, 2.45) is 0 Å². The first-order chi connectivity index (χ1) is 10.2. The molecule has 1 unspecified atom stereocenters. The fourth-order valence-corrected chi connectivity index (χ4v) is 3.45. The van der Waals surface area contributed by atoms with Crippen molar-refractivity contribution in [1.29, 1.82) is 0 Å². The molecule has 0 spiro atoms. The minimum atomic E-state index is -0.0412. The van der Waals surface area contributed by atoms with Gasteiger partial charge in [0.25, 0.3) is 0 Å². The maximum Gasteiger partial charge on any atom is 0.227 e. The molecule has 2 N–H and O–H groups in total. The van der Waals surface area contributed by atoms with Gasteiger partial charge in [-0.1, -0.05) is 18.2 Å². The van der Waals surface area contributed by atoms with Gasteiger partial charge in [0.1, 0.15) is 0 Å². The number of carbonyl (C=O) groups is 1. The minimum absolute atomic E-state index is 0.0412. The van der Waals surface area contributed by atoms with Gasteiger partial charge in [-0.05, 0) is 25.0 Å². The van der Waals surface area contributed by atoms with Gasteiger partial charge < -0.3 is 10.6 Å². The largest absolute Gasteiger partial charge is 0.385 e. The van der Waals surface area contributed by atoms with Crippen LogP contribution in [0.25, 0.3) is 0 Å². The van der Waals surface area contributed by atoms with E-state index in [1.165, 1.54) is 0 Å². The standard InChI is InChI=1S/C16H19N3OS/c1-11-10-21-15(19-11)7-9-18-16(20)13-6-8-17-14-5-3-2-4-12(13)14/h2-5,10,13,17H,6-9H2,1H3,(H,18,20). The van der Waals surface area contributed by atoms with Crippen LogP contribution in [0.4, 0.5) is 5.69 Å². The molecule has 1 atom stereocenters. The molecule has 3 rings (SSSR count). The van der Waals surface area contributed by atoms with Gasteiger partial charge in [-0.25, -0.2) is 4.98 Å². The third-order valence-electron chi connectivity index (χ3n) is 3.71. The van der Waals surface area contributed by atoms with E-state index in [9.17, 15) is 4.79 Å². The zero-order valence-electron chi connectivity index (χ0n) is 12.1. The maximum atomic E-state index is 12.4. The normalized spacial score (nSPS) is 16.9. The molecule has 1 amide bonds. The van der Waals surface area contributed by atoms with E-state index < -0.39 is 0 Å². The van der Waals surface area contributed by atoms with Crippen LogP contribution in [0.1, 0.15) is 28.6 Å². The van der Waals surface area contributed by atoms with Crippen LogP contribution in [0, 0.1) is 6.92 Å². The number of carbonyl (C=O) groups excluding carboxylic acids is 1. The molecule has 0 aliphatic carbocycles. The summed E-state index contributed by atoms with van der Waals surface area (Å²) in [5.74, 6) is 0.0812. The summed E-state index contributed by atoms with van der Waals surface area (Å²) in [5, 5.41) is 9.52. The third kappa shape index (κ3) is 3.24. The van der Waals surface area contributed by atoms with Crippen LogP contribution < -0.4 is 10.6 Å². The number of rotatable bonds is 4. The molecule has 0 radical (unpaired) electrons. The Morgan fingerprint density at radius 3 is 3.14 bits per heavy atom. The lowest BCUT2D eigenvalue weighted by molar-refractivity contribution is -0.122. The number of fused-ring (bicyclic) bond motifs is 1. The third-order valence-corrected chi connectivity index (χ3v) is 4.73. The number of aryl methyl sites for hydroxylation is 1. The van der Waals surface area contributed by atoms with Crippen molar-refractivity contribution in [2.45, 2.75) is 25.7 Å². The molecule has 5 heteroatoms. The highest BCUT2D eigenvalue weighted by Gasteiger charge is 2.25. The Balaban J connectivity index is 1.59. The van der Waals surface area contributed by atoms with Crippen molar-refractivity contribution in [1.82, 2.24) is 10.3 Å². The van der Waals surface area contributed by atoms with Gasteiger partial charge in [-0.2, -0.15) is 0 Å². The summed E-state index contributed by atoms with van der Waals surface area (Å²) in [5.41, 5.74) is 3.24. The SMILES string of the molecule is Cc1csc(CCNC(=O)C2CCNc3ccccc32)n1. The summed E-state index contributed by atoms with van der Waals surface area (Å²) in [6, 6.07) is 8.06. The highest BCUT2D eigenvalue weighted by atomic mass is 32.1. The van der Waals surface area contributed by atoms with Gasteiger partial charge >= 0.3 is 0 Å². The fourth-order valence-electron chi connectivity index (χ4n) is 2.67. The Kier molecular flexibility index (Phi) is 4.20. The lowest BCUT2D eigenvalue weighted by atomic mass is 9.90. The Morgan fingerprint density at radius 2 is 2.33 bits per heavy atom. The predicted molar refractivity (Wildman–Crippen MR) is 85.9 cm³/mol. The number of anilines is 1. The Hall–Kier alpha value is -1.88. The van der Waals surface area contributed by atoms with E-state index in [0.29, 0.717) is 6.54 Å². The number of nitrogens with one attached hydrogen (secondary N) is 2. The molecule has 21 heavy (non-hydrogen) atoms. The van der Waals surface area contributed by atoms with E-state index in [-0.39, 0.29) is 11.8 Å². The average Bonchev–Trinajstić information content (AvgIpc) is 2.92. The molecule has 1 aromatic carbocycles. The molecule has 1 aromatic heterocycles. The summed E-state index contributed by atoms with van der Waals surface area (Å²) < 4.78 is 0. The second-order valence-electron chi connectivity index (χ2n) is 5.28. The number of para-hydroxylation sites is 1. The van der Waals surface area contributed by atoms with Gasteiger partial charge in [0, 0.05) is 36.3 Å². The fraction of sp³-hybridized carbons (Fsp3) is 0.375. The molecular formula is C16H19N3OS. The van der Waals surface area contributed by atoms with E-state index in [1.54, 1.807) is 11.3 Å². The second kappa shape index (κ2) is 6.26. The Labute approximate surface area is 128 Å². The highest BCUT2D eigenvalue weighted by molar-refractivity contribution is 7.09. The average molecular weight is 301 g/mol. The number of thiazole rings is 1. The first kappa shape index (κ1) is 14.1. The molecule has 1 aliphatic rings. The quantitative estimate of drug-likeness (QED) is 0.913. The van der Waals surface area contributed by atoms with E-state index in [4.69, 9.17) is 0 Å². The van der Waals surface area contributed by atoms with E-state index in [1.807, 2.05) is 36.6 Å². The summed E-state index contributed by atoms with van der Waals surface area (Å²) >= 11 is 1.65. The van der Waals surface area contributed by atoms with Crippen molar-refractivity contribution >= 4 is 22.9 Å². The van der Waals surface area contributed by atoms with Crippen LogP contribution in [0.3, 0.4) is 0 Å². The van der Waals surface area contributed by atoms with Crippen molar-refractivity contribution < 1.29 is 4.79 Å². The summed E-state index contributed by atoms with van der Waals surface area (Å²) in [6.45, 7) is 3.49. The number of aromatic nitrogens is 1. The van der Waals surface area contributed by atoms with Crippen molar-refractivity contribution in [3.8, 4) is 0 Å². The minimum Gasteiger partial charge on any atom is -0.385 e. The lowest BCUT2D eigenvalue weighted by Gasteiger charge is -2.25. The van der Waals surface area contributed by atoms with Gasteiger partial charge in [0.2, 0.25) is 5.91 Å². The van der Waals surface area contributed by atoms with Crippen molar-refractivity contribution in [3.63, 3.8) is 0 Å². The van der Waals surface area contributed by atoms with Crippen LogP contribution >= 0.6 is 11.3 Å². The number of nitrogens with zero attached hydrogens (tertiary/aromatic N) is 1. The molecule has 0 bridgehead atoms. The molecule has 0 saturated heterocycles. The molecular weight excluding hydrogens is 282 g/mol. The van der Waals surface area contributed by atoms with Gasteiger partial charge in [0.05, 0.1) is 10.9 Å². The van der Waals surface area contributed by atoms with Crippen LogP contribution in [-0.2, 0) is 11.2 Å². The van der Waals surface area contributed by atoms with E-state index >= 15 is 0 Å². The molecule has 0 fully saturated rings. The molecule has 1 aliphatic heterocycles. The molecule has 4 nitrogen and oxygen atoms in total. The monoisotopic (exact) mass is 301 g/mol. The van der Waals surface area contributed by atoms with Crippen LogP contribution in [-0.4, -0.2) is 24.0 Å². The predicted octanol–water partition coefficient (Wildman–Crippen LogP) is 2.71. The van der Waals surface area contributed by atoms with Gasteiger partial charge in [0.15, 0.2) is 0 Å². The zero-order chi connectivity index (χ0) is 14.7. The Morgan fingerprint density at radius 1 is 1.48 bits per heavy atom. The maximum absolute atomic E-state index is 12.4. The molecule has 2 heterocycles. The first-order valence-corrected chi connectivity index (χ1v) is 8.13. The number of hydrogen-bond donors (Lipinski definition) is 2. The van der Waals surface area contributed by atoms with E-state index in [2.05, 4.69) is 15.6 Å². The smallest absolute Gasteiger partial charge is 0.227 e. The number of benzene rings is 1. The highest BCUT2D eigenvalue weighted by Crippen LogP contribution is 2.31. The van der Waals surface area contributed by atoms with Crippen molar-refractivity contribution in [2.75, 3.05) is 18.4 Å². The summed E-state index contributed by atoms with van der Waals surface area (Å²) in [4.78, 5) is 16.8. The molecule has 2 aromatic rings. The molecule has 110 valence electrons. The first-order valence-electron chi connectivity index (χ1n) is 7.25. The summed E-state index contributed by atoms with van der Waals surface area (Å²) in [6.07, 6.45) is 1.65. The molecule has 0 saturated carbocycles. The Bertz CT molecular complexity index is 638. The number of hydrogen-bond acceptors (Lipinski definition) is 4. The van der Waals surface area contributed by atoms with Gasteiger partial charge in [-0.15, -0.1) is 11.3 Å².